The molecule has 1 amide bonds. The summed E-state index contributed by atoms with van der Waals surface area (Å²) in [6.07, 6.45) is 9.13. The molecular formula is C15H25NO. The molecule has 0 unspecified atom stereocenters. The van der Waals surface area contributed by atoms with Crippen molar-refractivity contribution < 1.29 is 4.79 Å². The third-order valence-electron chi connectivity index (χ3n) is 2.64. The van der Waals surface area contributed by atoms with Crippen LogP contribution in [-0.2, 0) is 4.79 Å². The highest BCUT2D eigenvalue weighted by atomic mass is 16.2. The van der Waals surface area contributed by atoms with Crippen molar-refractivity contribution in [1.29, 1.82) is 0 Å². The molecule has 0 rings (SSSR count). The molecule has 0 aliphatic heterocycles. The molecule has 0 aliphatic carbocycles. The van der Waals surface area contributed by atoms with E-state index < -0.39 is 0 Å². The van der Waals surface area contributed by atoms with Crippen molar-refractivity contribution in [3.8, 4) is 11.8 Å². The zero-order valence-corrected chi connectivity index (χ0v) is 11.5. The van der Waals surface area contributed by atoms with Crippen molar-refractivity contribution in [2.24, 2.45) is 0 Å². The quantitative estimate of drug-likeness (QED) is 0.376. The Morgan fingerprint density at radius 2 is 1.82 bits per heavy atom. The van der Waals surface area contributed by atoms with Gasteiger partial charge in [0.1, 0.15) is 0 Å². The normalized spacial score (nSPS) is 10.1. The molecule has 2 nitrogen and oxygen atoms in total. The Hall–Kier alpha value is -1.23. The van der Waals surface area contributed by atoms with Gasteiger partial charge < -0.3 is 4.90 Å². The third kappa shape index (κ3) is 8.56. The Bertz CT molecular complexity index is 279. The van der Waals surface area contributed by atoms with Crippen LogP contribution in [0.3, 0.4) is 0 Å². The highest BCUT2D eigenvalue weighted by Crippen LogP contribution is 2.00. The van der Waals surface area contributed by atoms with Crippen molar-refractivity contribution >= 4 is 5.91 Å². The average molecular weight is 235 g/mol. The number of rotatable bonds is 7. The number of nitrogens with zero attached hydrogens (tertiary/aromatic N) is 1. The van der Waals surface area contributed by atoms with Crippen LogP contribution in [0.15, 0.2) is 12.2 Å². The van der Waals surface area contributed by atoms with Gasteiger partial charge in [0.2, 0.25) is 5.91 Å². The maximum Gasteiger partial charge on any atom is 0.247 e. The summed E-state index contributed by atoms with van der Waals surface area (Å²) in [6, 6.07) is 0. The number of amides is 1. The first kappa shape index (κ1) is 15.8. The fourth-order valence-electron chi connectivity index (χ4n) is 1.52. The minimum atomic E-state index is 0.0512. The van der Waals surface area contributed by atoms with Crippen LogP contribution in [0.2, 0.25) is 0 Å². The van der Waals surface area contributed by atoms with Crippen LogP contribution in [0.4, 0.5) is 0 Å². The Balaban J connectivity index is 3.78. The van der Waals surface area contributed by atoms with Gasteiger partial charge in [0.25, 0.3) is 0 Å². The Morgan fingerprint density at radius 3 is 2.41 bits per heavy atom. The van der Waals surface area contributed by atoms with E-state index in [9.17, 15) is 4.79 Å². The van der Waals surface area contributed by atoms with E-state index in [1.54, 1.807) is 17.1 Å². The monoisotopic (exact) mass is 235 g/mol. The maximum atomic E-state index is 11.6. The predicted octanol–water partition coefficient (Wildman–Crippen LogP) is 3.38. The molecule has 96 valence electrons. The third-order valence-corrected chi connectivity index (χ3v) is 2.64. The van der Waals surface area contributed by atoms with E-state index in [-0.39, 0.29) is 5.91 Å². The van der Waals surface area contributed by atoms with Gasteiger partial charge >= 0.3 is 0 Å². The second kappa shape index (κ2) is 11.3. The molecule has 0 heterocycles. The lowest BCUT2D eigenvalue weighted by atomic mass is 10.2. The van der Waals surface area contributed by atoms with Crippen LogP contribution < -0.4 is 0 Å². The van der Waals surface area contributed by atoms with Crippen LogP contribution >= 0.6 is 0 Å². The Kier molecular flexibility index (Phi) is 10.4. The number of hydrogen-bond acceptors (Lipinski definition) is 1. The molecule has 17 heavy (non-hydrogen) atoms. The molecule has 0 fully saturated rings. The van der Waals surface area contributed by atoms with E-state index in [1.807, 2.05) is 13.8 Å². The lowest BCUT2D eigenvalue weighted by molar-refractivity contribution is -0.125. The van der Waals surface area contributed by atoms with Gasteiger partial charge in [-0.25, -0.2) is 0 Å². The molecule has 0 aromatic heterocycles. The molecule has 0 saturated carbocycles. The number of hydrogen-bond donors (Lipinski definition) is 0. The van der Waals surface area contributed by atoms with Gasteiger partial charge in [0, 0.05) is 25.6 Å². The van der Waals surface area contributed by atoms with Gasteiger partial charge in [-0.3, -0.25) is 4.79 Å². The summed E-state index contributed by atoms with van der Waals surface area (Å²) < 4.78 is 0. The maximum absolute atomic E-state index is 11.6. The largest absolute Gasteiger partial charge is 0.340 e. The van der Waals surface area contributed by atoms with Crippen LogP contribution in [-0.4, -0.2) is 23.9 Å². The zero-order valence-electron chi connectivity index (χ0n) is 11.5. The number of carbonyl (C=O) groups excluding carboxylic acids is 1. The number of allylic oxidation sites excluding steroid dienone is 1. The molecular weight excluding hydrogens is 210 g/mol. The van der Waals surface area contributed by atoms with Crippen LogP contribution in [0.1, 0.15) is 52.9 Å². The molecule has 0 bridgehead atoms. The van der Waals surface area contributed by atoms with E-state index in [2.05, 4.69) is 18.8 Å². The van der Waals surface area contributed by atoms with Crippen LogP contribution in [0, 0.1) is 11.8 Å². The highest BCUT2D eigenvalue weighted by molar-refractivity contribution is 5.88. The minimum Gasteiger partial charge on any atom is -0.340 e. The van der Waals surface area contributed by atoms with Gasteiger partial charge in [0.05, 0.1) is 0 Å². The van der Waals surface area contributed by atoms with Gasteiger partial charge in [-0.05, 0) is 26.3 Å². The Labute approximate surface area is 106 Å². The van der Waals surface area contributed by atoms with Crippen molar-refractivity contribution in [1.82, 2.24) is 4.90 Å². The minimum absolute atomic E-state index is 0.0512. The topological polar surface area (TPSA) is 20.3 Å². The molecule has 0 aromatic rings. The second-order valence-corrected chi connectivity index (χ2v) is 3.98. The summed E-state index contributed by atoms with van der Waals surface area (Å²) in [5.41, 5.74) is 0. The highest BCUT2D eigenvalue weighted by Gasteiger charge is 2.03. The molecule has 0 aliphatic rings. The van der Waals surface area contributed by atoms with E-state index in [4.69, 9.17) is 0 Å². The molecule has 0 saturated heterocycles. The van der Waals surface area contributed by atoms with Gasteiger partial charge in [-0.15, -0.1) is 0 Å². The molecule has 0 spiro atoms. The first-order chi connectivity index (χ1) is 8.26. The SMILES string of the molecule is CCCCCCC#C/C=C/C(=O)N(CC)CC. The lowest BCUT2D eigenvalue weighted by Gasteiger charge is -2.15. The number of carbonyl (C=O) groups is 1. The van der Waals surface area contributed by atoms with E-state index >= 15 is 0 Å². The fourth-order valence-corrected chi connectivity index (χ4v) is 1.52. The first-order valence-corrected chi connectivity index (χ1v) is 6.70. The smallest absolute Gasteiger partial charge is 0.247 e. The van der Waals surface area contributed by atoms with Crippen molar-refractivity contribution in [2.75, 3.05) is 13.1 Å². The molecule has 0 aromatic carbocycles. The molecule has 0 N–H and O–H groups in total. The van der Waals surface area contributed by atoms with Crippen LogP contribution in [0.5, 0.6) is 0 Å². The Morgan fingerprint density at radius 1 is 1.12 bits per heavy atom. The first-order valence-electron chi connectivity index (χ1n) is 6.70. The van der Waals surface area contributed by atoms with E-state index in [0.717, 1.165) is 19.5 Å². The summed E-state index contributed by atoms with van der Waals surface area (Å²) >= 11 is 0. The van der Waals surface area contributed by atoms with Gasteiger partial charge in [0.15, 0.2) is 0 Å². The van der Waals surface area contributed by atoms with Crippen molar-refractivity contribution in [3.05, 3.63) is 12.2 Å². The second-order valence-electron chi connectivity index (χ2n) is 3.98. The standard InChI is InChI=1S/C15H25NO/c1-4-7-8-9-10-11-12-13-14-15(17)16(5-2)6-3/h13-14H,4-10H2,1-3H3/b14-13+. The van der Waals surface area contributed by atoms with E-state index in [1.165, 1.54) is 25.7 Å². The summed E-state index contributed by atoms with van der Waals surface area (Å²) in [7, 11) is 0. The van der Waals surface area contributed by atoms with Crippen LogP contribution in [0.25, 0.3) is 0 Å². The lowest BCUT2D eigenvalue weighted by Crippen LogP contribution is -2.28. The average Bonchev–Trinajstić information content (AvgIpc) is 2.34. The summed E-state index contributed by atoms with van der Waals surface area (Å²) in [6.45, 7) is 7.67. The van der Waals surface area contributed by atoms with Crippen molar-refractivity contribution in [2.45, 2.75) is 52.9 Å². The molecule has 0 radical (unpaired) electrons. The molecule has 2 heteroatoms. The van der Waals surface area contributed by atoms with Crippen molar-refractivity contribution in [3.63, 3.8) is 0 Å². The summed E-state index contributed by atoms with van der Waals surface area (Å²) in [5.74, 6) is 6.04. The number of likely N-dealkylation sites (N-methyl/N-ethyl adjacent to an activating group) is 1. The zero-order chi connectivity index (χ0) is 12.9. The van der Waals surface area contributed by atoms with E-state index in [0.29, 0.717) is 0 Å². The molecule has 0 atom stereocenters. The fraction of sp³-hybridized carbons (Fsp3) is 0.667. The predicted molar refractivity (Wildman–Crippen MR) is 73.6 cm³/mol. The summed E-state index contributed by atoms with van der Waals surface area (Å²) in [5, 5.41) is 0. The van der Waals surface area contributed by atoms with Gasteiger partial charge in [-0.1, -0.05) is 38.0 Å². The number of unbranched alkanes of at least 4 members (excludes halogenated alkanes) is 4. The van der Waals surface area contributed by atoms with Gasteiger partial charge in [-0.2, -0.15) is 0 Å². The summed E-state index contributed by atoms with van der Waals surface area (Å²) in [4.78, 5) is 13.3.